The molecule has 2 rings (SSSR count). The first-order valence-electron chi connectivity index (χ1n) is 8.62. The lowest BCUT2D eigenvalue weighted by Gasteiger charge is -2.28. The van der Waals surface area contributed by atoms with Gasteiger partial charge in [-0.1, -0.05) is 23.7 Å². The smallest absolute Gasteiger partial charge is 0.191 e. The number of halogens is 1. The molecule has 1 fully saturated rings. The van der Waals surface area contributed by atoms with Crippen LogP contribution >= 0.6 is 11.6 Å². The van der Waals surface area contributed by atoms with Gasteiger partial charge in [0.1, 0.15) is 0 Å². The highest BCUT2D eigenvalue weighted by Crippen LogP contribution is 2.15. The second-order valence-corrected chi connectivity index (χ2v) is 6.73. The Morgan fingerprint density at radius 3 is 3.00 bits per heavy atom. The minimum absolute atomic E-state index is 0.678. The molecule has 128 valence electrons. The van der Waals surface area contributed by atoms with Gasteiger partial charge in [-0.05, 0) is 63.4 Å². The predicted octanol–water partition coefficient (Wildman–Crippen LogP) is 2.78. The van der Waals surface area contributed by atoms with E-state index in [1.807, 2.05) is 18.2 Å². The Morgan fingerprint density at radius 2 is 2.26 bits per heavy atom. The van der Waals surface area contributed by atoms with Crippen molar-refractivity contribution in [1.29, 1.82) is 0 Å². The number of aliphatic imine (C=N–C) groups is 1. The van der Waals surface area contributed by atoms with Gasteiger partial charge in [0, 0.05) is 31.2 Å². The van der Waals surface area contributed by atoms with Crippen molar-refractivity contribution in [2.24, 2.45) is 10.9 Å². The lowest BCUT2D eigenvalue weighted by Crippen LogP contribution is -2.39. The first-order chi connectivity index (χ1) is 11.2. The summed E-state index contributed by atoms with van der Waals surface area (Å²) in [4.78, 5) is 7.17. The normalized spacial score (nSPS) is 19.6. The molecule has 0 amide bonds. The van der Waals surface area contributed by atoms with Crippen LogP contribution in [0.15, 0.2) is 29.3 Å². The third-order valence-electron chi connectivity index (χ3n) is 4.17. The molecule has 1 heterocycles. The number of likely N-dealkylation sites (tertiary alicyclic amines) is 1. The monoisotopic (exact) mass is 336 g/mol. The topological polar surface area (TPSA) is 39.7 Å². The quantitative estimate of drug-likeness (QED) is 0.620. The Hall–Kier alpha value is -1.26. The third kappa shape index (κ3) is 6.80. The summed E-state index contributed by atoms with van der Waals surface area (Å²) in [6.45, 7) is 7.12. The van der Waals surface area contributed by atoms with Gasteiger partial charge in [0.2, 0.25) is 0 Å². The number of hydrogen-bond acceptors (Lipinski definition) is 2. The van der Waals surface area contributed by atoms with Gasteiger partial charge in [-0.15, -0.1) is 0 Å². The van der Waals surface area contributed by atoms with Crippen molar-refractivity contribution in [3.8, 4) is 0 Å². The molecule has 0 radical (unpaired) electrons. The van der Waals surface area contributed by atoms with Crippen molar-refractivity contribution in [3.63, 3.8) is 0 Å². The van der Waals surface area contributed by atoms with Gasteiger partial charge in [-0.3, -0.25) is 4.99 Å². The zero-order valence-corrected chi connectivity index (χ0v) is 15.1. The van der Waals surface area contributed by atoms with E-state index in [4.69, 9.17) is 16.6 Å². The molecule has 0 saturated carbocycles. The van der Waals surface area contributed by atoms with Crippen LogP contribution in [0.5, 0.6) is 0 Å². The molecule has 1 aromatic rings. The van der Waals surface area contributed by atoms with Crippen LogP contribution in [0, 0.1) is 5.92 Å². The van der Waals surface area contributed by atoms with E-state index in [1.165, 1.54) is 24.9 Å². The van der Waals surface area contributed by atoms with E-state index in [-0.39, 0.29) is 0 Å². The van der Waals surface area contributed by atoms with Gasteiger partial charge in [0.05, 0.1) is 0 Å². The molecule has 5 heteroatoms. The van der Waals surface area contributed by atoms with E-state index in [9.17, 15) is 0 Å². The Morgan fingerprint density at radius 1 is 1.39 bits per heavy atom. The molecule has 0 aromatic heterocycles. The average molecular weight is 337 g/mol. The van der Waals surface area contributed by atoms with Gasteiger partial charge in [0.15, 0.2) is 5.96 Å². The second kappa shape index (κ2) is 9.78. The summed E-state index contributed by atoms with van der Waals surface area (Å²) in [5.74, 6) is 1.60. The second-order valence-electron chi connectivity index (χ2n) is 6.30. The number of piperidine rings is 1. The molecule has 1 unspecified atom stereocenters. The molecular weight excluding hydrogens is 308 g/mol. The lowest BCUT2D eigenvalue weighted by molar-refractivity contribution is 0.214. The summed E-state index contributed by atoms with van der Waals surface area (Å²) in [5, 5.41) is 7.55. The van der Waals surface area contributed by atoms with Crippen LogP contribution < -0.4 is 10.6 Å². The molecule has 23 heavy (non-hydrogen) atoms. The zero-order valence-electron chi connectivity index (χ0n) is 14.3. The van der Waals surface area contributed by atoms with Crippen LogP contribution in [0.4, 0.5) is 0 Å². The summed E-state index contributed by atoms with van der Waals surface area (Å²) in [5.41, 5.74) is 1.25. The molecule has 2 N–H and O–H groups in total. The summed E-state index contributed by atoms with van der Waals surface area (Å²) in [6.07, 6.45) is 3.52. The molecule has 0 spiro atoms. The minimum Gasteiger partial charge on any atom is -0.357 e. The van der Waals surface area contributed by atoms with Crippen LogP contribution in [-0.2, 0) is 6.42 Å². The van der Waals surface area contributed by atoms with Crippen LogP contribution in [0.3, 0.4) is 0 Å². The molecule has 1 aliphatic rings. The fourth-order valence-electron chi connectivity index (χ4n) is 3.00. The molecule has 1 aromatic carbocycles. The third-order valence-corrected chi connectivity index (χ3v) is 4.40. The molecule has 1 saturated heterocycles. The number of benzene rings is 1. The summed E-state index contributed by atoms with van der Waals surface area (Å²) >= 11 is 6.02. The van der Waals surface area contributed by atoms with Gasteiger partial charge < -0.3 is 15.5 Å². The van der Waals surface area contributed by atoms with Gasteiger partial charge >= 0.3 is 0 Å². The maximum Gasteiger partial charge on any atom is 0.191 e. The highest BCUT2D eigenvalue weighted by atomic mass is 35.5. The van der Waals surface area contributed by atoms with Crippen molar-refractivity contribution in [2.45, 2.75) is 26.2 Å². The van der Waals surface area contributed by atoms with E-state index in [0.717, 1.165) is 43.6 Å². The Labute approximate surface area is 145 Å². The number of guanidine groups is 1. The van der Waals surface area contributed by atoms with Crippen LogP contribution in [0.1, 0.15) is 25.3 Å². The van der Waals surface area contributed by atoms with E-state index in [1.54, 1.807) is 0 Å². The van der Waals surface area contributed by atoms with Crippen molar-refractivity contribution in [3.05, 3.63) is 34.9 Å². The number of hydrogen-bond donors (Lipinski definition) is 2. The molecule has 1 atom stereocenters. The van der Waals surface area contributed by atoms with Gasteiger partial charge in [-0.2, -0.15) is 0 Å². The van der Waals surface area contributed by atoms with Gasteiger partial charge in [0.25, 0.3) is 0 Å². The molecule has 0 bridgehead atoms. The SMILES string of the molecule is CCNC(=NCC1CCCN(C)C1)NCCc1cccc(Cl)c1. The zero-order chi connectivity index (χ0) is 16.5. The van der Waals surface area contributed by atoms with E-state index in [0.29, 0.717) is 5.92 Å². The molecule has 1 aliphatic heterocycles. The van der Waals surface area contributed by atoms with Crippen molar-refractivity contribution >= 4 is 17.6 Å². The van der Waals surface area contributed by atoms with Crippen LogP contribution in [0.25, 0.3) is 0 Å². The fraction of sp³-hybridized carbons (Fsp3) is 0.611. The Kier molecular flexibility index (Phi) is 7.69. The average Bonchev–Trinajstić information content (AvgIpc) is 2.53. The Bertz CT molecular complexity index is 504. The van der Waals surface area contributed by atoms with E-state index < -0.39 is 0 Å². The molecular formula is C18H29ClN4. The predicted molar refractivity (Wildman–Crippen MR) is 99.4 cm³/mol. The summed E-state index contributed by atoms with van der Waals surface area (Å²) < 4.78 is 0. The maximum atomic E-state index is 6.02. The largest absolute Gasteiger partial charge is 0.357 e. The molecule has 4 nitrogen and oxygen atoms in total. The number of rotatable bonds is 6. The van der Waals surface area contributed by atoms with Crippen LogP contribution in [0.2, 0.25) is 5.02 Å². The lowest BCUT2D eigenvalue weighted by atomic mass is 9.99. The summed E-state index contributed by atoms with van der Waals surface area (Å²) in [6, 6.07) is 8.03. The first-order valence-corrected chi connectivity index (χ1v) is 9.00. The van der Waals surface area contributed by atoms with Gasteiger partial charge in [-0.25, -0.2) is 0 Å². The highest BCUT2D eigenvalue weighted by molar-refractivity contribution is 6.30. The van der Waals surface area contributed by atoms with Crippen molar-refractivity contribution < 1.29 is 0 Å². The van der Waals surface area contributed by atoms with Crippen LogP contribution in [-0.4, -0.2) is 50.6 Å². The number of nitrogens with zero attached hydrogens (tertiary/aromatic N) is 2. The first kappa shape index (κ1) is 18.1. The number of nitrogens with one attached hydrogen (secondary N) is 2. The molecule has 0 aliphatic carbocycles. The van der Waals surface area contributed by atoms with E-state index in [2.05, 4.69) is 35.6 Å². The van der Waals surface area contributed by atoms with E-state index >= 15 is 0 Å². The summed E-state index contributed by atoms with van der Waals surface area (Å²) in [7, 11) is 2.20. The highest BCUT2D eigenvalue weighted by Gasteiger charge is 2.16. The maximum absolute atomic E-state index is 6.02. The van der Waals surface area contributed by atoms with Crippen molar-refractivity contribution in [2.75, 3.05) is 39.8 Å². The standard InChI is InChI=1S/C18H29ClN4/c1-3-20-18(22-13-16-7-5-11-23(2)14-16)21-10-9-15-6-4-8-17(19)12-15/h4,6,8,12,16H,3,5,7,9-11,13-14H2,1-2H3,(H2,20,21,22). The minimum atomic E-state index is 0.678. The van der Waals surface area contributed by atoms with Crippen molar-refractivity contribution in [1.82, 2.24) is 15.5 Å². The fourth-order valence-corrected chi connectivity index (χ4v) is 3.21. The Balaban J connectivity index is 1.79.